The van der Waals surface area contributed by atoms with Crippen molar-refractivity contribution in [2.75, 3.05) is 0 Å². The Morgan fingerprint density at radius 2 is 2.11 bits per heavy atom. The van der Waals surface area contributed by atoms with E-state index in [-0.39, 0.29) is 0 Å². The zero-order valence-electron chi connectivity index (χ0n) is 9.84. The third-order valence-corrected chi connectivity index (χ3v) is 3.02. The predicted molar refractivity (Wildman–Crippen MR) is 69.6 cm³/mol. The average molecular weight is 239 g/mol. The molecule has 3 rings (SSSR count). The molecule has 18 heavy (non-hydrogen) atoms. The number of carbonyl (C=O) groups excluding carboxylic acids is 1. The van der Waals surface area contributed by atoms with Crippen LogP contribution in [-0.4, -0.2) is 21.1 Å². The number of benzene rings is 1. The van der Waals surface area contributed by atoms with Gasteiger partial charge in [0, 0.05) is 11.9 Å². The zero-order valence-corrected chi connectivity index (χ0v) is 9.84. The van der Waals surface area contributed by atoms with Crippen molar-refractivity contribution in [1.29, 1.82) is 0 Å². The standard InChI is InChI=1S/C14H13N3O/c18-10-13-8-12-9-15-17(14(12)16-13)7-6-11-4-2-1-3-5-11/h1-5,8-10,16H,6-7H2. The molecule has 0 unspecified atom stereocenters. The van der Waals surface area contributed by atoms with Crippen LogP contribution in [0.4, 0.5) is 0 Å². The van der Waals surface area contributed by atoms with E-state index in [4.69, 9.17) is 0 Å². The van der Waals surface area contributed by atoms with Crippen LogP contribution >= 0.6 is 0 Å². The highest BCUT2D eigenvalue weighted by Gasteiger charge is 2.06. The minimum Gasteiger partial charge on any atom is -0.337 e. The van der Waals surface area contributed by atoms with Gasteiger partial charge in [-0.05, 0) is 18.1 Å². The van der Waals surface area contributed by atoms with Gasteiger partial charge < -0.3 is 4.98 Å². The molecule has 0 amide bonds. The van der Waals surface area contributed by atoms with E-state index in [1.54, 1.807) is 6.20 Å². The summed E-state index contributed by atoms with van der Waals surface area (Å²) in [5.41, 5.74) is 2.78. The van der Waals surface area contributed by atoms with Crippen LogP contribution < -0.4 is 0 Å². The highest BCUT2D eigenvalue weighted by molar-refractivity contribution is 5.85. The Morgan fingerprint density at radius 3 is 2.89 bits per heavy atom. The van der Waals surface area contributed by atoms with Crippen molar-refractivity contribution in [3.8, 4) is 0 Å². The van der Waals surface area contributed by atoms with Gasteiger partial charge in [0.15, 0.2) is 6.29 Å². The summed E-state index contributed by atoms with van der Waals surface area (Å²) >= 11 is 0. The second kappa shape index (κ2) is 4.49. The SMILES string of the molecule is O=Cc1cc2cnn(CCc3ccccc3)c2[nH]1. The molecule has 0 atom stereocenters. The molecule has 2 aromatic heterocycles. The van der Waals surface area contributed by atoms with Gasteiger partial charge in [-0.15, -0.1) is 0 Å². The molecule has 1 aromatic carbocycles. The van der Waals surface area contributed by atoms with E-state index >= 15 is 0 Å². The smallest absolute Gasteiger partial charge is 0.166 e. The topological polar surface area (TPSA) is 50.7 Å². The first-order valence-corrected chi connectivity index (χ1v) is 5.90. The van der Waals surface area contributed by atoms with Gasteiger partial charge in [-0.25, -0.2) is 4.68 Å². The number of aromatic nitrogens is 3. The third kappa shape index (κ3) is 1.93. The van der Waals surface area contributed by atoms with Crippen LogP contribution in [0.5, 0.6) is 0 Å². The van der Waals surface area contributed by atoms with Crippen LogP contribution in [0, 0.1) is 0 Å². The van der Waals surface area contributed by atoms with Crippen LogP contribution in [0.2, 0.25) is 0 Å². The molecule has 3 aromatic rings. The number of nitrogens with one attached hydrogen (secondary N) is 1. The third-order valence-electron chi connectivity index (χ3n) is 3.02. The maximum atomic E-state index is 10.7. The normalized spacial score (nSPS) is 10.9. The van der Waals surface area contributed by atoms with E-state index in [2.05, 4.69) is 22.2 Å². The number of rotatable bonds is 4. The molecule has 0 spiro atoms. The van der Waals surface area contributed by atoms with Crippen LogP contribution in [0.25, 0.3) is 11.0 Å². The number of hydrogen-bond donors (Lipinski definition) is 1. The second-order valence-corrected chi connectivity index (χ2v) is 4.25. The lowest BCUT2D eigenvalue weighted by Crippen LogP contribution is -2.03. The number of nitrogens with zero attached hydrogens (tertiary/aromatic N) is 2. The fourth-order valence-corrected chi connectivity index (χ4v) is 2.10. The molecule has 0 aliphatic carbocycles. The lowest BCUT2D eigenvalue weighted by Gasteiger charge is -2.02. The van der Waals surface area contributed by atoms with E-state index in [0.717, 1.165) is 30.3 Å². The number of H-pyrrole nitrogens is 1. The van der Waals surface area contributed by atoms with E-state index in [1.165, 1.54) is 5.56 Å². The van der Waals surface area contributed by atoms with Gasteiger partial charge in [-0.2, -0.15) is 5.10 Å². The Labute approximate surface area is 104 Å². The van der Waals surface area contributed by atoms with Crippen molar-refractivity contribution in [3.63, 3.8) is 0 Å². The Morgan fingerprint density at radius 1 is 1.28 bits per heavy atom. The minimum absolute atomic E-state index is 0.593. The van der Waals surface area contributed by atoms with Crippen molar-refractivity contribution in [2.45, 2.75) is 13.0 Å². The number of aldehydes is 1. The summed E-state index contributed by atoms with van der Waals surface area (Å²) < 4.78 is 1.90. The van der Waals surface area contributed by atoms with Crippen LogP contribution in [-0.2, 0) is 13.0 Å². The van der Waals surface area contributed by atoms with Gasteiger partial charge in [-0.1, -0.05) is 30.3 Å². The van der Waals surface area contributed by atoms with Crippen molar-refractivity contribution in [3.05, 3.63) is 53.9 Å². The number of hydrogen-bond acceptors (Lipinski definition) is 2. The second-order valence-electron chi connectivity index (χ2n) is 4.25. The number of aromatic amines is 1. The molecule has 0 radical (unpaired) electrons. The molecule has 4 nitrogen and oxygen atoms in total. The molecule has 0 saturated carbocycles. The molecule has 90 valence electrons. The molecule has 1 N–H and O–H groups in total. The van der Waals surface area contributed by atoms with Gasteiger partial charge in [0.25, 0.3) is 0 Å². The Kier molecular flexibility index (Phi) is 2.68. The molecular formula is C14H13N3O. The first-order valence-electron chi connectivity index (χ1n) is 5.90. The largest absolute Gasteiger partial charge is 0.337 e. The van der Waals surface area contributed by atoms with Gasteiger partial charge >= 0.3 is 0 Å². The highest BCUT2D eigenvalue weighted by atomic mass is 16.1. The monoisotopic (exact) mass is 239 g/mol. The van der Waals surface area contributed by atoms with Gasteiger partial charge in [0.1, 0.15) is 5.65 Å². The van der Waals surface area contributed by atoms with E-state index in [9.17, 15) is 4.79 Å². The Balaban J connectivity index is 1.82. The Hall–Kier alpha value is -2.36. The van der Waals surface area contributed by atoms with Crippen LogP contribution in [0.3, 0.4) is 0 Å². The zero-order chi connectivity index (χ0) is 12.4. The summed E-state index contributed by atoms with van der Waals surface area (Å²) in [5, 5.41) is 5.29. The van der Waals surface area contributed by atoms with Gasteiger partial charge in [0.05, 0.1) is 11.9 Å². The number of aryl methyl sites for hydroxylation is 2. The molecular weight excluding hydrogens is 226 g/mol. The lowest BCUT2D eigenvalue weighted by molar-refractivity contribution is 0.111. The molecule has 0 aliphatic heterocycles. The lowest BCUT2D eigenvalue weighted by atomic mass is 10.1. The van der Waals surface area contributed by atoms with E-state index < -0.39 is 0 Å². The first-order chi connectivity index (χ1) is 8.86. The molecule has 4 heteroatoms. The van der Waals surface area contributed by atoms with Gasteiger partial charge in [-0.3, -0.25) is 4.79 Å². The maximum absolute atomic E-state index is 10.7. The fraction of sp³-hybridized carbons (Fsp3) is 0.143. The van der Waals surface area contributed by atoms with Crippen LogP contribution in [0.15, 0.2) is 42.6 Å². The quantitative estimate of drug-likeness (QED) is 0.711. The molecule has 0 fully saturated rings. The number of carbonyl (C=O) groups is 1. The van der Waals surface area contributed by atoms with E-state index in [0.29, 0.717) is 5.69 Å². The maximum Gasteiger partial charge on any atom is 0.166 e. The highest BCUT2D eigenvalue weighted by Crippen LogP contribution is 2.14. The first kappa shape index (κ1) is 10.8. The van der Waals surface area contributed by atoms with Gasteiger partial charge in [0.2, 0.25) is 0 Å². The summed E-state index contributed by atoms with van der Waals surface area (Å²) in [6.45, 7) is 0.798. The predicted octanol–water partition coefficient (Wildman–Crippen LogP) is 2.42. The molecule has 0 saturated heterocycles. The van der Waals surface area contributed by atoms with Crippen LogP contribution in [0.1, 0.15) is 16.1 Å². The molecule has 0 bridgehead atoms. The summed E-state index contributed by atoms with van der Waals surface area (Å²) in [5.74, 6) is 0. The molecule has 0 aliphatic rings. The van der Waals surface area contributed by atoms with Crippen molar-refractivity contribution in [2.24, 2.45) is 0 Å². The van der Waals surface area contributed by atoms with Crippen molar-refractivity contribution < 1.29 is 4.79 Å². The Bertz CT molecular complexity index is 667. The molecule has 2 heterocycles. The fourth-order valence-electron chi connectivity index (χ4n) is 2.10. The van der Waals surface area contributed by atoms with Crippen molar-refractivity contribution >= 4 is 17.3 Å². The summed E-state index contributed by atoms with van der Waals surface area (Å²) in [6.07, 6.45) is 3.53. The number of fused-ring (bicyclic) bond motifs is 1. The average Bonchev–Trinajstić information content (AvgIpc) is 2.97. The van der Waals surface area contributed by atoms with Crippen molar-refractivity contribution in [1.82, 2.24) is 14.8 Å². The minimum atomic E-state index is 0.593. The van der Waals surface area contributed by atoms with E-state index in [1.807, 2.05) is 28.9 Å². The summed E-state index contributed by atoms with van der Waals surface area (Å²) in [7, 11) is 0. The summed E-state index contributed by atoms with van der Waals surface area (Å²) in [4.78, 5) is 13.8. The summed E-state index contributed by atoms with van der Waals surface area (Å²) in [6, 6.07) is 12.1.